The Kier molecular flexibility index (Phi) is 4.80. The van der Waals surface area contributed by atoms with Gasteiger partial charge in [0.2, 0.25) is 0 Å². The summed E-state index contributed by atoms with van der Waals surface area (Å²) in [6, 6.07) is 19.8. The van der Waals surface area contributed by atoms with Gasteiger partial charge in [-0.1, -0.05) is 30.3 Å². The van der Waals surface area contributed by atoms with E-state index in [2.05, 4.69) is 15.1 Å². The summed E-state index contributed by atoms with van der Waals surface area (Å²) in [5, 5.41) is 7.99. The number of hydrogen-bond acceptors (Lipinski definition) is 6. The van der Waals surface area contributed by atoms with Gasteiger partial charge in [-0.05, 0) is 47.5 Å². The van der Waals surface area contributed by atoms with Gasteiger partial charge in [0.15, 0.2) is 0 Å². The van der Waals surface area contributed by atoms with Gasteiger partial charge in [0.05, 0.1) is 16.6 Å². The van der Waals surface area contributed by atoms with E-state index in [9.17, 15) is 13.2 Å². The Hall–Kier alpha value is -4.28. The Bertz CT molecular complexity index is 1850. The highest BCUT2D eigenvalue weighted by molar-refractivity contribution is 7.90. The minimum Gasteiger partial charge on any atom is -0.364 e. The van der Waals surface area contributed by atoms with Crippen molar-refractivity contribution in [2.45, 2.75) is 4.90 Å². The quantitative estimate of drug-likeness (QED) is 0.357. The fraction of sp³-hybridized carbons (Fsp3) is 0. The third-order valence-electron chi connectivity index (χ3n) is 5.82. The third kappa shape index (κ3) is 3.42. The number of aromatic amines is 1. The number of fused-ring (bicyclic) bond motifs is 2. The van der Waals surface area contributed by atoms with E-state index in [4.69, 9.17) is 5.73 Å². The minimum absolute atomic E-state index is 0.134. The van der Waals surface area contributed by atoms with E-state index in [1.807, 2.05) is 42.6 Å². The number of amides is 1. The number of hydrogen-bond donors (Lipinski definition) is 2. The summed E-state index contributed by atoms with van der Waals surface area (Å²) < 4.78 is 28.0. The van der Waals surface area contributed by atoms with E-state index in [-0.39, 0.29) is 10.6 Å². The summed E-state index contributed by atoms with van der Waals surface area (Å²) in [4.78, 5) is 19.4. The molecule has 3 aromatic carbocycles. The van der Waals surface area contributed by atoms with Crippen molar-refractivity contribution in [3.63, 3.8) is 0 Å². The first-order chi connectivity index (χ1) is 16.9. The van der Waals surface area contributed by atoms with E-state index in [0.29, 0.717) is 21.5 Å². The summed E-state index contributed by atoms with van der Waals surface area (Å²) in [6.07, 6.45) is 3.37. The Balaban J connectivity index is 1.66. The summed E-state index contributed by atoms with van der Waals surface area (Å²) >= 11 is 1.26. The number of carbonyl (C=O) groups is 1. The molecule has 0 radical (unpaired) electrons. The van der Waals surface area contributed by atoms with Crippen LogP contribution in [0.3, 0.4) is 0 Å². The molecule has 35 heavy (non-hydrogen) atoms. The molecule has 0 aliphatic heterocycles. The SMILES string of the molecule is NC(=O)c1csc(-c2cc(-c3cccc4[nH]ccc34)cc3c2cnn3S(=O)(=O)c2ccccc2)n1. The lowest BCUT2D eigenvalue weighted by Gasteiger charge is -2.10. The first kappa shape index (κ1) is 21.3. The molecule has 8 nitrogen and oxygen atoms in total. The summed E-state index contributed by atoms with van der Waals surface area (Å²) in [6.45, 7) is 0. The molecule has 0 unspecified atom stereocenters. The molecule has 0 bridgehead atoms. The Morgan fingerprint density at radius 1 is 0.971 bits per heavy atom. The number of primary amides is 1. The second-order valence-electron chi connectivity index (χ2n) is 7.91. The van der Waals surface area contributed by atoms with Crippen LogP contribution in [0.1, 0.15) is 10.5 Å². The van der Waals surface area contributed by atoms with Crippen molar-refractivity contribution in [3.8, 4) is 21.7 Å². The smallest absolute Gasteiger partial charge is 0.283 e. The van der Waals surface area contributed by atoms with Gasteiger partial charge in [-0.2, -0.15) is 17.6 Å². The molecule has 1 amide bonds. The van der Waals surface area contributed by atoms with Crippen molar-refractivity contribution in [2.24, 2.45) is 5.73 Å². The van der Waals surface area contributed by atoms with E-state index < -0.39 is 15.9 Å². The normalized spacial score (nSPS) is 11.9. The molecular weight excluding hydrogens is 482 g/mol. The molecule has 0 spiro atoms. The molecular formula is C25H17N5O3S2. The highest BCUT2D eigenvalue weighted by atomic mass is 32.2. The molecule has 0 saturated heterocycles. The van der Waals surface area contributed by atoms with Crippen LogP contribution in [-0.2, 0) is 10.0 Å². The van der Waals surface area contributed by atoms with E-state index in [1.165, 1.54) is 29.7 Å². The van der Waals surface area contributed by atoms with E-state index >= 15 is 0 Å². The lowest BCUT2D eigenvalue weighted by molar-refractivity contribution is 0.0996. The molecule has 0 aliphatic carbocycles. The minimum atomic E-state index is -3.95. The summed E-state index contributed by atoms with van der Waals surface area (Å²) in [7, 11) is -3.95. The van der Waals surface area contributed by atoms with Crippen LogP contribution in [0, 0.1) is 0 Å². The fourth-order valence-corrected chi connectivity index (χ4v) is 6.29. The molecule has 6 aromatic rings. The molecule has 172 valence electrons. The first-order valence-corrected chi connectivity index (χ1v) is 12.9. The second-order valence-corrected chi connectivity index (χ2v) is 10.5. The molecule has 3 aromatic heterocycles. The van der Waals surface area contributed by atoms with Crippen LogP contribution >= 0.6 is 11.3 Å². The largest absolute Gasteiger partial charge is 0.364 e. The Morgan fingerprint density at radius 3 is 2.57 bits per heavy atom. The van der Waals surface area contributed by atoms with Crippen LogP contribution in [0.15, 0.2) is 89.4 Å². The number of nitrogens with two attached hydrogens (primary N) is 1. The number of thiazole rings is 1. The monoisotopic (exact) mass is 499 g/mol. The zero-order valence-corrected chi connectivity index (χ0v) is 19.7. The number of nitrogens with zero attached hydrogens (tertiary/aromatic N) is 3. The van der Waals surface area contributed by atoms with Crippen molar-refractivity contribution in [1.29, 1.82) is 0 Å². The van der Waals surface area contributed by atoms with Gasteiger partial charge in [0.25, 0.3) is 15.9 Å². The van der Waals surface area contributed by atoms with Crippen LogP contribution in [0.4, 0.5) is 0 Å². The lowest BCUT2D eigenvalue weighted by Crippen LogP contribution is -2.14. The molecule has 0 aliphatic rings. The van der Waals surface area contributed by atoms with Gasteiger partial charge in [-0.15, -0.1) is 11.3 Å². The molecule has 6 rings (SSSR count). The zero-order chi connectivity index (χ0) is 24.2. The maximum atomic E-state index is 13.5. The number of rotatable bonds is 5. The van der Waals surface area contributed by atoms with E-state index in [1.54, 1.807) is 23.6 Å². The Morgan fingerprint density at radius 2 is 1.80 bits per heavy atom. The van der Waals surface area contributed by atoms with Gasteiger partial charge >= 0.3 is 0 Å². The van der Waals surface area contributed by atoms with Crippen LogP contribution in [-0.4, -0.2) is 33.5 Å². The Labute approximate surface area is 203 Å². The van der Waals surface area contributed by atoms with Gasteiger partial charge in [0, 0.05) is 33.4 Å². The molecule has 10 heteroatoms. The highest BCUT2D eigenvalue weighted by Gasteiger charge is 2.23. The standard InChI is InChI=1S/C25H17N5O3S2/c26-24(31)22-14-34-25(29-22)19-11-15(17-7-4-8-21-18(17)9-10-27-21)12-23-20(19)13-28-30(23)35(32,33)16-5-2-1-3-6-16/h1-14,27H,(H2,26,31). The van der Waals surface area contributed by atoms with Gasteiger partial charge in [0.1, 0.15) is 10.7 Å². The molecule has 3 N–H and O–H groups in total. The molecule has 0 fully saturated rings. The predicted octanol–water partition coefficient (Wildman–Crippen LogP) is 4.64. The van der Waals surface area contributed by atoms with Crippen molar-refractivity contribution >= 4 is 49.1 Å². The third-order valence-corrected chi connectivity index (χ3v) is 8.31. The number of benzene rings is 3. The van der Waals surface area contributed by atoms with Crippen LogP contribution in [0.2, 0.25) is 0 Å². The highest BCUT2D eigenvalue weighted by Crippen LogP contribution is 2.38. The van der Waals surface area contributed by atoms with E-state index in [0.717, 1.165) is 26.1 Å². The van der Waals surface area contributed by atoms with Crippen molar-refractivity contribution in [2.75, 3.05) is 0 Å². The van der Waals surface area contributed by atoms with Crippen molar-refractivity contribution in [3.05, 3.63) is 90.2 Å². The van der Waals surface area contributed by atoms with Crippen molar-refractivity contribution in [1.82, 2.24) is 19.2 Å². The van der Waals surface area contributed by atoms with Crippen LogP contribution in [0.25, 0.3) is 43.5 Å². The number of H-pyrrole nitrogens is 1. The molecule has 0 saturated carbocycles. The van der Waals surface area contributed by atoms with Crippen LogP contribution < -0.4 is 5.73 Å². The molecule has 3 heterocycles. The average Bonchev–Trinajstić information content (AvgIpc) is 3.63. The van der Waals surface area contributed by atoms with Crippen LogP contribution in [0.5, 0.6) is 0 Å². The number of carbonyl (C=O) groups excluding carboxylic acids is 1. The molecule has 0 atom stereocenters. The fourth-order valence-electron chi connectivity index (χ4n) is 4.17. The predicted molar refractivity (Wildman–Crippen MR) is 136 cm³/mol. The topological polar surface area (TPSA) is 124 Å². The van der Waals surface area contributed by atoms with Crippen molar-refractivity contribution < 1.29 is 13.2 Å². The summed E-state index contributed by atoms with van der Waals surface area (Å²) in [5.41, 5.74) is 9.31. The lowest BCUT2D eigenvalue weighted by atomic mass is 9.98. The number of aromatic nitrogens is 4. The zero-order valence-electron chi connectivity index (χ0n) is 18.0. The maximum absolute atomic E-state index is 13.5. The average molecular weight is 500 g/mol. The summed E-state index contributed by atoms with van der Waals surface area (Å²) in [5.74, 6) is -0.626. The van der Waals surface area contributed by atoms with Gasteiger partial charge in [-0.3, -0.25) is 4.79 Å². The van der Waals surface area contributed by atoms with Gasteiger partial charge in [-0.25, -0.2) is 4.98 Å². The second kappa shape index (κ2) is 7.90. The maximum Gasteiger partial charge on any atom is 0.283 e. The first-order valence-electron chi connectivity index (χ1n) is 10.6. The number of nitrogens with one attached hydrogen (secondary N) is 1. The van der Waals surface area contributed by atoms with Gasteiger partial charge < -0.3 is 10.7 Å².